The van der Waals surface area contributed by atoms with Gasteiger partial charge in [-0.1, -0.05) is 48.5 Å². The molecule has 1 spiro atoms. The summed E-state index contributed by atoms with van der Waals surface area (Å²) >= 11 is 0. The van der Waals surface area contributed by atoms with E-state index in [9.17, 15) is 0 Å². The van der Waals surface area contributed by atoms with E-state index in [2.05, 4.69) is 129 Å². The molecular weight excluding hydrogens is 462 g/mol. The molecule has 0 N–H and O–H groups in total. The third kappa shape index (κ3) is 2.36. The van der Waals surface area contributed by atoms with Crippen LogP contribution in [0.15, 0.2) is 116 Å². The molecule has 4 aliphatic rings. The van der Waals surface area contributed by atoms with Gasteiger partial charge in [-0.05, 0) is 67.5 Å². The van der Waals surface area contributed by atoms with E-state index in [1.54, 1.807) is 0 Å². The molecule has 1 aromatic heterocycles. The molecular formula is C35H27N3+2. The zero-order valence-corrected chi connectivity index (χ0v) is 21.1. The lowest BCUT2D eigenvalue weighted by molar-refractivity contribution is -0.771. The van der Waals surface area contributed by atoms with Crippen LogP contribution in [0.1, 0.15) is 47.9 Å². The molecule has 9 rings (SSSR count). The zero-order valence-electron chi connectivity index (χ0n) is 21.1. The molecule has 5 heterocycles. The first-order valence-electron chi connectivity index (χ1n) is 13.7. The highest BCUT2D eigenvalue weighted by atomic mass is 15.3. The molecule has 3 nitrogen and oxygen atoms in total. The molecule has 4 aliphatic heterocycles. The van der Waals surface area contributed by atoms with Crippen LogP contribution in [0.2, 0.25) is 0 Å². The summed E-state index contributed by atoms with van der Waals surface area (Å²) in [6.07, 6.45) is 13.7. The Bertz CT molecular complexity index is 1930. The molecule has 0 unspecified atom stereocenters. The van der Waals surface area contributed by atoms with Gasteiger partial charge in [-0.2, -0.15) is 0 Å². The average Bonchev–Trinajstić information content (AvgIpc) is 3.59. The van der Waals surface area contributed by atoms with Crippen LogP contribution in [0, 0.1) is 0 Å². The molecule has 4 aromatic carbocycles. The Hall–Kier alpha value is -4.50. The highest BCUT2D eigenvalue weighted by Gasteiger charge is 2.67. The maximum absolute atomic E-state index is 2.58. The van der Waals surface area contributed by atoms with Crippen LogP contribution < -0.4 is 0 Å². The predicted molar refractivity (Wildman–Crippen MR) is 153 cm³/mol. The molecule has 0 saturated heterocycles. The van der Waals surface area contributed by atoms with Crippen LogP contribution in [-0.2, 0) is 5.66 Å². The van der Waals surface area contributed by atoms with Crippen LogP contribution in [0.25, 0.3) is 27.5 Å². The Morgan fingerprint density at radius 1 is 0.579 bits per heavy atom. The van der Waals surface area contributed by atoms with Gasteiger partial charge in [0, 0.05) is 29.3 Å². The SMILES string of the molecule is C1=C[N+]2=C(CC1)c1ccccc1[C@]21c2ccc(-n3c4ccccc4c4ccccc43)cc2C2=[N+]1C=CCC2. The lowest BCUT2D eigenvalue weighted by Gasteiger charge is -2.21. The number of allylic oxidation sites excluding steroid dienone is 2. The average molecular weight is 490 g/mol. The van der Waals surface area contributed by atoms with Crippen LogP contribution in [-0.4, -0.2) is 25.1 Å². The van der Waals surface area contributed by atoms with Gasteiger partial charge in [0.1, 0.15) is 11.1 Å². The van der Waals surface area contributed by atoms with Gasteiger partial charge in [0.15, 0.2) is 23.8 Å². The number of para-hydroxylation sites is 2. The fourth-order valence-corrected chi connectivity index (χ4v) is 7.59. The number of hydrogen-bond donors (Lipinski definition) is 0. The normalized spacial score (nSPS) is 20.9. The van der Waals surface area contributed by atoms with Gasteiger partial charge in [0.2, 0.25) is 0 Å². The maximum Gasteiger partial charge on any atom is 0.416 e. The second kappa shape index (κ2) is 7.29. The smallest absolute Gasteiger partial charge is 0.309 e. The summed E-state index contributed by atoms with van der Waals surface area (Å²) in [5.74, 6) is 0. The first-order chi connectivity index (χ1) is 18.9. The Morgan fingerprint density at radius 2 is 1.16 bits per heavy atom. The van der Waals surface area contributed by atoms with Crippen molar-refractivity contribution in [2.75, 3.05) is 0 Å². The Morgan fingerprint density at radius 3 is 1.87 bits per heavy atom. The summed E-state index contributed by atoms with van der Waals surface area (Å²) in [7, 11) is 0. The topological polar surface area (TPSA) is 10.9 Å². The molecule has 0 radical (unpaired) electrons. The van der Waals surface area contributed by atoms with E-state index in [0.29, 0.717) is 0 Å². The van der Waals surface area contributed by atoms with Crippen LogP contribution in [0.4, 0.5) is 0 Å². The van der Waals surface area contributed by atoms with Crippen molar-refractivity contribution in [1.29, 1.82) is 0 Å². The highest BCUT2D eigenvalue weighted by molar-refractivity contribution is 6.10. The van der Waals surface area contributed by atoms with E-state index < -0.39 is 0 Å². The summed E-state index contributed by atoms with van der Waals surface area (Å²) in [5, 5.41) is 2.61. The first-order valence-corrected chi connectivity index (χ1v) is 13.7. The summed E-state index contributed by atoms with van der Waals surface area (Å²) in [6.45, 7) is 0. The second-order valence-electron chi connectivity index (χ2n) is 10.8. The largest absolute Gasteiger partial charge is 0.416 e. The van der Waals surface area contributed by atoms with Gasteiger partial charge in [0.05, 0.1) is 22.2 Å². The number of rotatable bonds is 1. The van der Waals surface area contributed by atoms with E-state index in [1.165, 1.54) is 61.2 Å². The molecule has 180 valence electrons. The zero-order chi connectivity index (χ0) is 24.8. The third-order valence-electron chi connectivity index (χ3n) is 9.02. The molecule has 5 aromatic rings. The minimum Gasteiger partial charge on any atom is -0.309 e. The molecule has 0 saturated carbocycles. The summed E-state index contributed by atoms with van der Waals surface area (Å²) < 4.78 is 7.60. The molecule has 3 heteroatoms. The van der Waals surface area contributed by atoms with Gasteiger partial charge in [-0.15, -0.1) is 9.15 Å². The number of hydrogen-bond acceptors (Lipinski definition) is 0. The van der Waals surface area contributed by atoms with Gasteiger partial charge in [-0.25, -0.2) is 0 Å². The first kappa shape index (κ1) is 20.5. The van der Waals surface area contributed by atoms with Crippen molar-refractivity contribution in [2.24, 2.45) is 0 Å². The van der Waals surface area contributed by atoms with Crippen molar-refractivity contribution >= 4 is 33.2 Å². The van der Waals surface area contributed by atoms with Gasteiger partial charge in [0.25, 0.3) is 0 Å². The monoisotopic (exact) mass is 489 g/mol. The van der Waals surface area contributed by atoms with E-state index in [-0.39, 0.29) is 5.66 Å². The van der Waals surface area contributed by atoms with Crippen molar-refractivity contribution in [3.05, 3.63) is 138 Å². The van der Waals surface area contributed by atoms with Crippen LogP contribution in [0.5, 0.6) is 0 Å². The molecule has 38 heavy (non-hydrogen) atoms. The second-order valence-corrected chi connectivity index (χ2v) is 10.8. The van der Waals surface area contributed by atoms with Gasteiger partial charge < -0.3 is 4.57 Å². The lowest BCUT2D eigenvalue weighted by Crippen LogP contribution is -2.44. The fraction of sp³-hybridized carbons (Fsp3) is 0.143. The molecule has 0 bridgehead atoms. The standard InChI is InChI=1S/C35H27N3/c1-4-14-29-27(13-1)31-15-7-9-21-36(31)35(29)30-20-19-24(23-28(30)32-16-8-10-22-37(32)35)38-33-17-5-2-11-25(33)26-12-3-6-18-34(26)38/h1-6,9-14,17-23H,7-8,15-16H2/q+2/t35-/m0/s1. The molecule has 0 amide bonds. The summed E-state index contributed by atoms with van der Waals surface area (Å²) in [6, 6.07) is 33.9. The van der Waals surface area contributed by atoms with Crippen molar-refractivity contribution in [2.45, 2.75) is 31.3 Å². The quantitative estimate of drug-likeness (QED) is 0.220. The summed E-state index contributed by atoms with van der Waals surface area (Å²) in [4.78, 5) is 0. The number of benzene rings is 4. The number of fused-ring (bicyclic) bond motifs is 11. The van der Waals surface area contributed by atoms with Crippen LogP contribution in [0.3, 0.4) is 0 Å². The van der Waals surface area contributed by atoms with Crippen molar-refractivity contribution in [1.82, 2.24) is 4.57 Å². The van der Waals surface area contributed by atoms with Gasteiger partial charge >= 0.3 is 5.66 Å². The van der Waals surface area contributed by atoms with Crippen molar-refractivity contribution in [3.8, 4) is 5.69 Å². The number of aromatic nitrogens is 1. The van der Waals surface area contributed by atoms with Crippen molar-refractivity contribution in [3.63, 3.8) is 0 Å². The Labute approximate surface area is 221 Å². The van der Waals surface area contributed by atoms with Crippen LogP contribution >= 0.6 is 0 Å². The van der Waals surface area contributed by atoms with E-state index in [1.807, 2.05) is 0 Å². The Kier molecular flexibility index (Phi) is 3.94. The Balaban J connectivity index is 1.37. The lowest BCUT2D eigenvalue weighted by atomic mass is 9.88. The van der Waals surface area contributed by atoms with E-state index >= 15 is 0 Å². The molecule has 0 aliphatic carbocycles. The number of nitrogens with zero attached hydrogens (tertiary/aromatic N) is 3. The maximum atomic E-state index is 2.58. The fourth-order valence-electron chi connectivity index (χ4n) is 7.59. The van der Waals surface area contributed by atoms with Crippen molar-refractivity contribution < 1.29 is 9.15 Å². The van der Waals surface area contributed by atoms with E-state index in [4.69, 9.17) is 0 Å². The van der Waals surface area contributed by atoms with E-state index in [0.717, 1.165) is 25.7 Å². The minimum atomic E-state index is -0.357. The molecule has 0 fully saturated rings. The highest BCUT2D eigenvalue weighted by Crippen LogP contribution is 2.50. The summed E-state index contributed by atoms with van der Waals surface area (Å²) in [5.41, 5.74) is 11.8. The molecule has 1 atom stereocenters. The van der Waals surface area contributed by atoms with Gasteiger partial charge in [-0.3, -0.25) is 0 Å². The predicted octanol–water partition coefficient (Wildman–Crippen LogP) is 7.23. The third-order valence-corrected chi connectivity index (χ3v) is 9.02. The minimum absolute atomic E-state index is 0.357.